The molecule has 2 aromatic heterocycles. The van der Waals surface area contributed by atoms with E-state index < -0.39 is 5.25 Å². The third kappa shape index (κ3) is 5.73. The van der Waals surface area contributed by atoms with Gasteiger partial charge in [-0.2, -0.15) is 5.26 Å². The number of thiazole rings is 1. The lowest BCUT2D eigenvalue weighted by molar-refractivity contribution is -0.115. The van der Waals surface area contributed by atoms with Gasteiger partial charge in [0.25, 0.3) is 0 Å². The highest BCUT2D eigenvalue weighted by Gasteiger charge is 2.22. The SMILES string of the molecule is CCOc1ccc2nc(NC(=O)C(CC)Sc3nc(-c4ccc(OC)cc4)ccc3C#N)sc2c1. The van der Waals surface area contributed by atoms with E-state index >= 15 is 0 Å². The molecule has 0 aliphatic carbocycles. The van der Waals surface area contributed by atoms with Gasteiger partial charge in [0.2, 0.25) is 5.91 Å². The zero-order valence-corrected chi connectivity index (χ0v) is 21.2. The van der Waals surface area contributed by atoms with Crippen molar-refractivity contribution in [1.82, 2.24) is 9.97 Å². The standard InChI is InChI=1S/C26H24N4O3S2/c1-4-22(24(31)30-26-29-21-13-11-19(33-5-2)14-23(21)35-26)34-25-17(15-27)8-12-20(28-25)16-6-9-18(32-3)10-7-16/h6-14,22H,4-5H2,1-3H3,(H,29,30,31). The summed E-state index contributed by atoms with van der Waals surface area (Å²) < 4.78 is 11.7. The molecule has 0 bridgehead atoms. The summed E-state index contributed by atoms with van der Waals surface area (Å²) in [7, 11) is 1.62. The monoisotopic (exact) mass is 504 g/mol. The van der Waals surface area contributed by atoms with Crippen LogP contribution in [0.5, 0.6) is 11.5 Å². The Morgan fingerprint density at radius 3 is 2.57 bits per heavy atom. The quantitative estimate of drug-likeness (QED) is 0.273. The Bertz CT molecular complexity index is 1380. The third-order valence-corrected chi connectivity index (χ3v) is 7.48. The van der Waals surface area contributed by atoms with Crippen LogP contribution in [-0.2, 0) is 4.79 Å². The number of carbonyl (C=O) groups excluding carboxylic acids is 1. The second-order valence-electron chi connectivity index (χ2n) is 7.48. The highest BCUT2D eigenvalue weighted by Crippen LogP contribution is 2.33. The summed E-state index contributed by atoms with van der Waals surface area (Å²) in [5.74, 6) is 1.35. The van der Waals surface area contributed by atoms with Crippen molar-refractivity contribution >= 4 is 44.4 Å². The molecule has 178 valence electrons. The lowest BCUT2D eigenvalue weighted by atomic mass is 10.1. The topological polar surface area (TPSA) is 97.1 Å². The fourth-order valence-corrected chi connectivity index (χ4v) is 5.29. The largest absolute Gasteiger partial charge is 0.497 e. The molecular weight excluding hydrogens is 480 g/mol. The summed E-state index contributed by atoms with van der Waals surface area (Å²) in [4.78, 5) is 22.3. The van der Waals surface area contributed by atoms with Gasteiger partial charge in [0.1, 0.15) is 22.6 Å². The number of nitriles is 1. The molecule has 0 aliphatic heterocycles. The Morgan fingerprint density at radius 1 is 1.11 bits per heavy atom. The van der Waals surface area contributed by atoms with Gasteiger partial charge in [0.05, 0.1) is 40.4 Å². The molecule has 1 N–H and O–H groups in total. The van der Waals surface area contributed by atoms with E-state index in [9.17, 15) is 10.1 Å². The molecule has 7 nitrogen and oxygen atoms in total. The lowest BCUT2D eigenvalue weighted by Crippen LogP contribution is -2.24. The van der Waals surface area contributed by atoms with E-state index in [2.05, 4.69) is 16.4 Å². The number of anilines is 1. The number of amides is 1. The molecule has 0 spiro atoms. The number of nitrogens with zero attached hydrogens (tertiary/aromatic N) is 3. The fourth-order valence-electron chi connectivity index (χ4n) is 3.40. The average Bonchev–Trinajstić information content (AvgIpc) is 3.28. The van der Waals surface area contributed by atoms with Crippen molar-refractivity contribution in [3.63, 3.8) is 0 Å². The molecule has 0 saturated carbocycles. The predicted octanol–water partition coefficient (Wildman–Crippen LogP) is 6.15. The number of methoxy groups -OCH3 is 1. The van der Waals surface area contributed by atoms with E-state index in [1.807, 2.05) is 62.4 Å². The van der Waals surface area contributed by atoms with Gasteiger partial charge >= 0.3 is 0 Å². The number of fused-ring (bicyclic) bond motifs is 1. The van der Waals surface area contributed by atoms with Crippen LogP contribution >= 0.6 is 23.1 Å². The minimum Gasteiger partial charge on any atom is -0.497 e. The number of hydrogen-bond acceptors (Lipinski definition) is 8. The highest BCUT2D eigenvalue weighted by molar-refractivity contribution is 8.00. The van der Waals surface area contributed by atoms with Gasteiger partial charge in [-0.1, -0.05) is 30.0 Å². The summed E-state index contributed by atoms with van der Waals surface area (Å²) in [5.41, 5.74) is 2.85. The predicted molar refractivity (Wildman–Crippen MR) is 140 cm³/mol. The molecule has 0 aliphatic rings. The number of carbonyl (C=O) groups is 1. The van der Waals surface area contributed by atoms with E-state index in [-0.39, 0.29) is 5.91 Å². The maximum atomic E-state index is 13.1. The van der Waals surface area contributed by atoms with Gasteiger partial charge in [0, 0.05) is 5.56 Å². The second kappa shape index (κ2) is 11.2. The van der Waals surface area contributed by atoms with Gasteiger partial charge in [-0.05, 0) is 67.9 Å². The van der Waals surface area contributed by atoms with E-state index in [1.54, 1.807) is 13.2 Å². The van der Waals surface area contributed by atoms with E-state index in [0.29, 0.717) is 28.7 Å². The first-order valence-electron chi connectivity index (χ1n) is 11.1. The molecule has 1 unspecified atom stereocenters. The summed E-state index contributed by atoms with van der Waals surface area (Å²) in [6.45, 7) is 4.45. The van der Waals surface area contributed by atoms with Gasteiger partial charge in [-0.15, -0.1) is 0 Å². The van der Waals surface area contributed by atoms with Crippen molar-refractivity contribution in [3.05, 3.63) is 60.2 Å². The van der Waals surface area contributed by atoms with E-state index in [1.165, 1.54) is 23.1 Å². The van der Waals surface area contributed by atoms with Crippen LogP contribution in [-0.4, -0.2) is 34.8 Å². The molecule has 4 rings (SSSR count). The molecule has 0 fully saturated rings. The van der Waals surface area contributed by atoms with Crippen LogP contribution in [0.3, 0.4) is 0 Å². The third-order valence-electron chi connectivity index (χ3n) is 5.18. The minimum atomic E-state index is -0.438. The number of pyridine rings is 1. The molecule has 0 saturated heterocycles. The van der Waals surface area contributed by atoms with Crippen molar-refractivity contribution in [1.29, 1.82) is 5.26 Å². The van der Waals surface area contributed by atoms with Crippen LogP contribution in [0.2, 0.25) is 0 Å². The van der Waals surface area contributed by atoms with Gasteiger partial charge in [0.15, 0.2) is 5.13 Å². The Labute approximate surface area is 212 Å². The number of ether oxygens (including phenoxy) is 2. The molecule has 4 aromatic rings. The molecule has 1 amide bonds. The van der Waals surface area contributed by atoms with Crippen molar-refractivity contribution in [2.45, 2.75) is 30.5 Å². The Kier molecular flexibility index (Phi) is 7.85. The van der Waals surface area contributed by atoms with Crippen molar-refractivity contribution < 1.29 is 14.3 Å². The summed E-state index contributed by atoms with van der Waals surface area (Å²) >= 11 is 2.69. The molecule has 1 atom stereocenters. The molecule has 0 radical (unpaired) electrons. The average molecular weight is 505 g/mol. The smallest absolute Gasteiger partial charge is 0.239 e. The fraction of sp³-hybridized carbons (Fsp3) is 0.231. The van der Waals surface area contributed by atoms with Crippen LogP contribution in [0.15, 0.2) is 59.6 Å². The maximum Gasteiger partial charge on any atom is 0.239 e. The summed E-state index contributed by atoms with van der Waals surface area (Å²) in [6, 6.07) is 19.0. The van der Waals surface area contributed by atoms with Crippen LogP contribution in [0, 0.1) is 11.3 Å². The Morgan fingerprint density at radius 2 is 1.89 bits per heavy atom. The number of thioether (sulfide) groups is 1. The normalized spacial score (nSPS) is 11.6. The van der Waals surface area contributed by atoms with Crippen molar-refractivity contribution in [3.8, 4) is 28.8 Å². The Hall–Kier alpha value is -3.61. The zero-order valence-electron chi connectivity index (χ0n) is 19.6. The molecular formula is C26H24N4O3S2. The molecule has 2 aromatic carbocycles. The summed E-state index contributed by atoms with van der Waals surface area (Å²) in [6.07, 6.45) is 0.565. The van der Waals surface area contributed by atoms with Gasteiger partial charge < -0.3 is 14.8 Å². The first-order valence-corrected chi connectivity index (χ1v) is 12.8. The molecule has 35 heavy (non-hydrogen) atoms. The highest BCUT2D eigenvalue weighted by atomic mass is 32.2. The van der Waals surface area contributed by atoms with Crippen molar-refractivity contribution in [2.75, 3.05) is 19.0 Å². The molecule has 2 heterocycles. The molecule has 9 heteroatoms. The zero-order chi connectivity index (χ0) is 24.8. The van der Waals surface area contributed by atoms with Crippen LogP contribution in [0.1, 0.15) is 25.8 Å². The van der Waals surface area contributed by atoms with E-state index in [0.717, 1.165) is 33.0 Å². The first kappa shape index (κ1) is 24.5. The number of aromatic nitrogens is 2. The number of hydrogen-bond donors (Lipinski definition) is 1. The maximum absolute atomic E-state index is 13.1. The van der Waals surface area contributed by atoms with Crippen molar-refractivity contribution in [2.24, 2.45) is 0 Å². The minimum absolute atomic E-state index is 0.179. The number of rotatable bonds is 9. The van der Waals surface area contributed by atoms with Gasteiger partial charge in [-0.3, -0.25) is 4.79 Å². The van der Waals surface area contributed by atoms with Crippen LogP contribution in [0.25, 0.3) is 21.5 Å². The van der Waals surface area contributed by atoms with E-state index in [4.69, 9.17) is 14.5 Å². The van der Waals surface area contributed by atoms with Gasteiger partial charge in [-0.25, -0.2) is 9.97 Å². The van der Waals surface area contributed by atoms with Crippen LogP contribution < -0.4 is 14.8 Å². The Balaban J connectivity index is 1.53. The summed E-state index contributed by atoms with van der Waals surface area (Å²) in [5, 5.41) is 13.2. The number of benzene rings is 2. The first-order chi connectivity index (χ1) is 17.0. The second-order valence-corrected chi connectivity index (χ2v) is 9.70. The van der Waals surface area contributed by atoms with Crippen LogP contribution in [0.4, 0.5) is 5.13 Å². The number of nitrogens with one attached hydrogen (secondary N) is 1. The lowest BCUT2D eigenvalue weighted by Gasteiger charge is -2.14.